The van der Waals surface area contributed by atoms with Gasteiger partial charge in [0.1, 0.15) is 0 Å². The molecule has 0 aromatic heterocycles. The van der Waals surface area contributed by atoms with Gasteiger partial charge in [-0.25, -0.2) is 0 Å². The smallest absolute Gasteiger partial charge is 0.208 e. The molecule has 0 saturated carbocycles. The van der Waals surface area contributed by atoms with E-state index in [-0.39, 0.29) is 5.78 Å². The minimum absolute atomic E-state index is 0.0497. The second kappa shape index (κ2) is 7.32. The number of allylic oxidation sites excluding steroid dienone is 1. The molecule has 0 unspecified atom stereocenters. The second-order valence-electron chi connectivity index (χ2n) is 6.27. The van der Waals surface area contributed by atoms with E-state index in [4.69, 9.17) is 14.2 Å². The molecule has 1 aliphatic heterocycles. The van der Waals surface area contributed by atoms with Crippen LogP contribution in [0.1, 0.15) is 15.9 Å². The Morgan fingerprint density at radius 3 is 2.69 bits per heavy atom. The predicted octanol–water partition coefficient (Wildman–Crippen LogP) is 3.20. The zero-order chi connectivity index (χ0) is 17.9. The van der Waals surface area contributed by atoms with Gasteiger partial charge in [-0.1, -0.05) is 36.4 Å². The molecule has 0 fully saturated rings. The van der Waals surface area contributed by atoms with E-state index in [2.05, 4.69) is 0 Å². The molecule has 0 amide bonds. The first-order chi connectivity index (χ1) is 12.8. The van der Waals surface area contributed by atoms with Crippen LogP contribution in [-0.4, -0.2) is 39.3 Å². The highest BCUT2D eigenvalue weighted by Crippen LogP contribution is 2.41. The molecular formula is C21H21NO4. The standard InChI is InChI=1S/C21H21NO4/c1-24-12-13-25-11-10-22-18-8-4-5-9-19(18)26-21(22)17-14-15-6-2-3-7-16(15)20(17)23/h2-9H,10-14H2,1H3/b21-17-. The highest BCUT2D eigenvalue weighted by atomic mass is 16.5. The summed E-state index contributed by atoms with van der Waals surface area (Å²) in [5, 5.41) is 0. The van der Waals surface area contributed by atoms with Crippen molar-refractivity contribution >= 4 is 11.5 Å². The highest BCUT2D eigenvalue weighted by Gasteiger charge is 2.35. The van der Waals surface area contributed by atoms with Gasteiger partial charge >= 0.3 is 0 Å². The van der Waals surface area contributed by atoms with Crippen LogP contribution in [0.5, 0.6) is 5.75 Å². The van der Waals surface area contributed by atoms with Gasteiger partial charge in [0.15, 0.2) is 11.5 Å². The first kappa shape index (κ1) is 16.8. The lowest BCUT2D eigenvalue weighted by molar-refractivity contribution is 0.0741. The lowest BCUT2D eigenvalue weighted by atomic mass is 10.1. The number of anilines is 1. The summed E-state index contributed by atoms with van der Waals surface area (Å²) in [6.07, 6.45) is 0.597. The maximum Gasteiger partial charge on any atom is 0.208 e. The van der Waals surface area contributed by atoms with Crippen molar-refractivity contribution in [1.82, 2.24) is 0 Å². The fraction of sp³-hybridized carbons (Fsp3) is 0.286. The number of methoxy groups -OCH3 is 1. The third kappa shape index (κ3) is 3.00. The molecule has 0 bridgehead atoms. The minimum atomic E-state index is 0.0497. The van der Waals surface area contributed by atoms with Crippen molar-refractivity contribution in [2.45, 2.75) is 6.42 Å². The van der Waals surface area contributed by atoms with Crippen molar-refractivity contribution in [2.24, 2.45) is 0 Å². The number of rotatable bonds is 6. The van der Waals surface area contributed by atoms with E-state index in [0.717, 1.165) is 22.6 Å². The topological polar surface area (TPSA) is 48.0 Å². The fourth-order valence-electron chi connectivity index (χ4n) is 3.38. The molecular weight excluding hydrogens is 330 g/mol. The molecule has 0 spiro atoms. The van der Waals surface area contributed by atoms with Gasteiger partial charge in [-0.15, -0.1) is 0 Å². The van der Waals surface area contributed by atoms with Crippen molar-refractivity contribution in [3.63, 3.8) is 0 Å². The van der Waals surface area contributed by atoms with Gasteiger partial charge in [0.25, 0.3) is 0 Å². The third-order valence-electron chi connectivity index (χ3n) is 4.66. The van der Waals surface area contributed by atoms with E-state index < -0.39 is 0 Å². The van der Waals surface area contributed by atoms with E-state index in [1.807, 2.05) is 53.4 Å². The first-order valence-corrected chi connectivity index (χ1v) is 8.76. The number of carbonyl (C=O) groups is 1. The van der Waals surface area contributed by atoms with Crippen LogP contribution in [0.2, 0.25) is 0 Å². The number of hydrogen-bond acceptors (Lipinski definition) is 5. The number of benzene rings is 2. The Bertz CT molecular complexity index is 859. The summed E-state index contributed by atoms with van der Waals surface area (Å²) in [4.78, 5) is 14.9. The summed E-state index contributed by atoms with van der Waals surface area (Å²) in [6, 6.07) is 15.6. The average Bonchev–Trinajstić information content (AvgIpc) is 3.20. The molecule has 4 rings (SSSR count). The SMILES string of the molecule is COCCOCCN1/C(=C2\Cc3ccccc3C2=O)Oc2ccccc21. The second-order valence-corrected chi connectivity index (χ2v) is 6.27. The number of Topliss-reactive ketones (excluding diaryl/α,β-unsaturated/α-hetero) is 1. The van der Waals surface area contributed by atoms with Crippen LogP contribution in [0.15, 0.2) is 60.0 Å². The van der Waals surface area contributed by atoms with Crippen molar-refractivity contribution in [2.75, 3.05) is 38.4 Å². The number of para-hydroxylation sites is 2. The highest BCUT2D eigenvalue weighted by molar-refractivity contribution is 6.13. The van der Waals surface area contributed by atoms with Crippen molar-refractivity contribution in [3.8, 4) is 5.75 Å². The molecule has 2 aromatic carbocycles. The summed E-state index contributed by atoms with van der Waals surface area (Å²) in [7, 11) is 1.65. The maximum atomic E-state index is 12.9. The molecule has 5 heteroatoms. The molecule has 134 valence electrons. The van der Waals surface area contributed by atoms with Crippen LogP contribution in [-0.2, 0) is 15.9 Å². The van der Waals surface area contributed by atoms with Crippen molar-refractivity contribution < 1.29 is 19.0 Å². The zero-order valence-corrected chi connectivity index (χ0v) is 14.7. The Hall–Kier alpha value is -2.63. The third-order valence-corrected chi connectivity index (χ3v) is 4.66. The van der Waals surface area contributed by atoms with Gasteiger partial charge in [-0.3, -0.25) is 4.79 Å². The van der Waals surface area contributed by atoms with Crippen LogP contribution in [0.4, 0.5) is 5.69 Å². The summed E-state index contributed by atoms with van der Waals surface area (Å²) in [5.41, 5.74) is 3.50. The van der Waals surface area contributed by atoms with Crippen molar-refractivity contribution in [1.29, 1.82) is 0 Å². The fourth-order valence-corrected chi connectivity index (χ4v) is 3.38. The number of ketones is 1. The summed E-state index contributed by atoms with van der Waals surface area (Å²) >= 11 is 0. The molecule has 0 saturated heterocycles. The molecule has 1 heterocycles. The molecule has 0 atom stereocenters. The van der Waals surface area contributed by atoms with Gasteiger partial charge < -0.3 is 19.1 Å². The molecule has 26 heavy (non-hydrogen) atoms. The molecule has 5 nitrogen and oxygen atoms in total. The van der Waals surface area contributed by atoms with Crippen LogP contribution < -0.4 is 9.64 Å². The Balaban J connectivity index is 1.62. The maximum absolute atomic E-state index is 12.9. The Kier molecular flexibility index (Phi) is 4.73. The average molecular weight is 351 g/mol. The molecule has 2 aromatic rings. The van der Waals surface area contributed by atoms with E-state index in [9.17, 15) is 4.79 Å². The van der Waals surface area contributed by atoms with Crippen LogP contribution in [0.25, 0.3) is 0 Å². The van der Waals surface area contributed by atoms with Gasteiger partial charge in [0, 0.05) is 25.6 Å². The van der Waals surface area contributed by atoms with Crippen LogP contribution >= 0.6 is 0 Å². The van der Waals surface area contributed by atoms with E-state index in [1.54, 1.807) is 7.11 Å². The van der Waals surface area contributed by atoms with E-state index >= 15 is 0 Å². The molecule has 2 aliphatic rings. The summed E-state index contributed by atoms with van der Waals surface area (Å²) < 4.78 is 16.7. The Morgan fingerprint density at radius 1 is 1.04 bits per heavy atom. The van der Waals surface area contributed by atoms with Gasteiger partial charge in [0.05, 0.1) is 31.1 Å². The normalized spacial score (nSPS) is 18.0. The van der Waals surface area contributed by atoms with Crippen LogP contribution in [0.3, 0.4) is 0 Å². The van der Waals surface area contributed by atoms with Gasteiger partial charge in [0.2, 0.25) is 5.88 Å². The van der Waals surface area contributed by atoms with Crippen LogP contribution in [0, 0.1) is 0 Å². The first-order valence-electron chi connectivity index (χ1n) is 8.76. The number of nitrogens with zero attached hydrogens (tertiary/aromatic N) is 1. The predicted molar refractivity (Wildman–Crippen MR) is 98.6 cm³/mol. The monoisotopic (exact) mass is 351 g/mol. The Labute approximate surface area is 152 Å². The summed E-state index contributed by atoms with van der Waals surface area (Å²) in [5.74, 6) is 1.45. The summed E-state index contributed by atoms with van der Waals surface area (Å²) in [6.45, 7) is 2.25. The number of ether oxygens (including phenoxy) is 3. The van der Waals surface area contributed by atoms with Gasteiger partial charge in [-0.05, 0) is 17.7 Å². The number of hydrogen-bond donors (Lipinski definition) is 0. The quantitative estimate of drug-likeness (QED) is 0.591. The lowest BCUT2D eigenvalue weighted by Gasteiger charge is -2.19. The van der Waals surface area contributed by atoms with Gasteiger partial charge in [-0.2, -0.15) is 0 Å². The Morgan fingerprint density at radius 2 is 1.85 bits per heavy atom. The minimum Gasteiger partial charge on any atom is -0.438 e. The largest absolute Gasteiger partial charge is 0.438 e. The molecule has 0 N–H and O–H groups in total. The van der Waals surface area contributed by atoms with Crippen molar-refractivity contribution in [3.05, 3.63) is 71.1 Å². The zero-order valence-electron chi connectivity index (χ0n) is 14.7. The lowest BCUT2D eigenvalue weighted by Crippen LogP contribution is -2.27. The number of carbonyl (C=O) groups excluding carboxylic acids is 1. The van der Waals surface area contributed by atoms with E-state index in [0.29, 0.717) is 44.2 Å². The van der Waals surface area contributed by atoms with E-state index in [1.165, 1.54) is 0 Å². The molecule has 0 radical (unpaired) electrons. The molecule has 1 aliphatic carbocycles. The number of fused-ring (bicyclic) bond motifs is 2.